The van der Waals surface area contributed by atoms with Gasteiger partial charge in [-0.05, 0) is 37.1 Å². The molecule has 3 heterocycles. The van der Waals surface area contributed by atoms with Gasteiger partial charge in [-0.15, -0.1) is 0 Å². The smallest absolute Gasteiger partial charge is 0.282 e. The third kappa shape index (κ3) is 2.70. The van der Waals surface area contributed by atoms with Crippen molar-refractivity contribution in [3.05, 3.63) is 54.9 Å². The molecule has 1 saturated heterocycles. The number of alkyl halides is 2. The van der Waals surface area contributed by atoms with E-state index in [1.807, 2.05) is 26.0 Å². The van der Waals surface area contributed by atoms with Gasteiger partial charge < -0.3 is 4.90 Å². The molecule has 0 atom stereocenters. The van der Waals surface area contributed by atoms with E-state index in [0.29, 0.717) is 11.3 Å². The molecule has 0 saturated carbocycles. The molecule has 2 aromatic rings. The maximum Gasteiger partial charge on any atom is 0.282 e. The molecule has 2 aromatic heterocycles. The zero-order valence-electron chi connectivity index (χ0n) is 13.8. The standard InChI is InChI=1S/C19H19F2N3/c1-5-12(3)14-9-15-16(23-17(14)13(4)6-2)7-8-22-18(15)24-10-19(20,21)11-24/h5-9H,2,4,10-11H2,1,3H3. The van der Waals surface area contributed by atoms with Crippen LogP contribution in [0.15, 0.2) is 43.6 Å². The van der Waals surface area contributed by atoms with Crippen LogP contribution >= 0.6 is 0 Å². The minimum atomic E-state index is -2.64. The molecular weight excluding hydrogens is 308 g/mol. The Balaban J connectivity index is 2.20. The highest BCUT2D eigenvalue weighted by Gasteiger charge is 2.45. The third-order valence-electron chi connectivity index (χ3n) is 4.27. The highest BCUT2D eigenvalue weighted by atomic mass is 19.3. The number of aromatic nitrogens is 2. The zero-order chi connectivity index (χ0) is 17.5. The van der Waals surface area contributed by atoms with Crippen LogP contribution in [0, 0.1) is 0 Å². The minimum Gasteiger partial charge on any atom is -0.344 e. The van der Waals surface area contributed by atoms with E-state index in [4.69, 9.17) is 0 Å². The van der Waals surface area contributed by atoms with Gasteiger partial charge >= 0.3 is 0 Å². The summed E-state index contributed by atoms with van der Waals surface area (Å²) in [6, 6.07) is 3.74. The molecule has 0 N–H and O–H groups in total. The number of hydrogen-bond donors (Lipinski definition) is 0. The van der Waals surface area contributed by atoms with E-state index in [1.165, 1.54) is 0 Å². The Labute approximate surface area is 140 Å². The Morgan fingerprint density at radius 2 is 2.08 bits per heavy atom. The van der Waals surface area contributed by atoms with Crippen LogP contribution in [-0.4, -0.2) is 29.0 Å². The Kier molecular flexibility index (Phi) is 3.95. The molecule has 0 bridgehead atoms. The van der Waals surface area contributed by atoms with Crippen molar-refractivity contribution >= 4 is 27.9 Å². The molecule has 5 heteroatoms. The summed E-state index contributed by atoms with van der Waals surface area (Å²) >= 11 is 0. The van der Waals surface area contributed by atoms with Gasteiger partial charge in [0.1, 0.15) is 5.82 Å². The summed E-state index contributed by atoms with van der Waals surface area (Å²) in [7, 11) is 0. The molecule has 1 aliphatic rings. The molecule has 0 spiro atoms. The zero-order valence-corrected chi connectivity index (χ0v) is 13.8. The van der Waals surface area contributed by atoms with E-state index < -0.39 is 5.92 Å². The lowest BCUT2D eigenvalue weighted by Gasteiger charge is -2.40. The Bertz CT molecular complexity index is 860. The van der Waals surface area contributed by atoms with E-state index in [9.17, 15) is 8.78 Å². The van der Waals surface area contributed by atoms with Crippen molar-refractivity contribution in [1.82, 2.24) is 9.97 Å². The largest absolute Gasteiger partial charge is 0.344 e. The number of fused-ring (bicyclic) bond motifs is 1. The summed E-state index contributed by atoms with van der Waals surface area (Å²) in [5, 5.41) is 0.768. The number of pyridine rings is 2. The Morgan fingerprint density at radius 3 is 2.67 bits per heavy atom. The van der Waals surface area contributed by atoms with Crippen LogP contribution in [0.25, 0.3) is 22.0 Å². The molecule has 24 heavy (non-hydrogen) atoms. The highest BCUT2D eigenvalue weighted by Crippen LogP contribution is 2.36. The van der Waals surface area contributed by atoms with Crippen molar-refractivity contribution in [2.45, 2.75) is 19.8 Å². The molecule has 124 valence electrons. The second-order valence-corrected chi connectivity index (χ2v) is 6.00. The fraction of sp³-hybridized carbons (Fsp3) is 0.263. The van der Waals surface area contributed by atoms with E-state index in [0.717, 1.165) is 27.8 Å². The lowest BCUT2D eigenvalue weighted by molar-refractivity contribution is -0.0265. The van der Waals surface area contributed by atoms with Crippen LogP contribution in [0.1, 0.15) is 25.1 Å². The first-order chi connectivity index (χ1) is 11.4. The van der Waals surface area contributed by atoms with Crippen molar-refractivity contribution in [2.24, 2.45) is 0 Å². The molecule has 1 aliphatic heterocycles. The first-order valence-corrected chi connectivity index (χ1v) is 7.74. The lowest BCUT2D eigenvalue weighted by atomic mass is 9.98. The monoisotopic (exact) mass is 327 g/mol. The van der Waals surface area contributed by atoms with E-state index >= 15 is 0 Å². The Morgan fingerprint density at radius 1 is 1.38 bits per heavy atom. The van der Waals surface area contributed by atoms with Gasteiger partial charge in [0.05, 0.1) is 24.3 Å². The summed E-state index contributed by atoms with van der Waals surface area (Å²) in [5.41, 5.74) is 4.13. The number of allylic oxidation sites excluding steroid dienone is 4. The fourth-order valence-electron chi connectivity index (χ4n) is 2.79. The summed E-state index contributed by atoms with van der Waals surface area (Å²) in [6.07, 6.45) is 5.25. The number of hydrogen-bond acceptors (Lipinski definition) is 3. The first kappa shape index (κ1) is 16.3. The maximum absolute atomic E-state index is 13.2. The number of rotatable bonds is 4. The summed E-state index contributed by atoms with van der Waals surface area (Å²) in [5.74, 6) is -2.09. The van der Waals surface area contributed by atoms with Gasteiger partial charge in [0.25, 0.3) is 5.92 Å². The van der Waals surface area contributed by atoms with Gasteiger partial charge in [-0.25, -0.2) is 18.7 Å². The van der Waals surface area contributed by atoms with Crippen molar-refractivity contribution < 1.29 is 8.78 Å². The Hall–Kier alpha value is -2.56. The average Bonchev–Trinajstić information content (AvgIpc) is 2.56. The molecule has 3 nitrogen and oxygen atoms in total. The predicted molar refractivity (Wildman–Crippen MR) is 95.3 cm³/mol. The maximum atomic E-state index is 13.2. The molecule has 0 unspecified atom stereocenters. The topological polar surface area (TPSA) is 29.0 Å². The van der Waals surface area contributed by atoms with Crippen molar-refractivity contribution in [1.29, 1.82) is 0 Å². The van der Waals surface area contributed by atoms with Gasteiger partial charge in [-0.2, -0.15) is 0 Å². The van der Waals surface area contributed by atoms with Crippen LogP contribution in [0.4, 0.5) is 14.6 Å². The molecule has 0 aromatic carbocycles. The van der Waals surface area contributed by atoms with Gasteiger partial charge in [0.2, 0.25) is 0 Å². The van der Waals surface area contributed by atoms with Crippen LogP contribution in [0.5, 0.6) is 0 Å². The molecule has 1 fully saturated rings. The van der Waals surface area contributed by atoms with Crippen LogP contribution in [0.2, 0.25) is 0 Å². The first-order valence-electron chi connectivity index (χ1n) is 7.74. The molecule has 0 aliphatic carbocycles. The van der Waals surface area contributed by atoms with Gasteiger partial charge in [-0.3, -0.25) is 0 Å². The van der Waals surface area contributed by atoms with Crippen LogP contribution in [0.3, 0.4) is 0 Å². The normalized spacial score (nSPS) is 16.8. The summed E-state index contributed by atoms with van der Waals surface area (Å²) < 4.78 is 26.5. The van der Waals surface area contributed by atoms with Gasteiger partial charge in [-0.1, -0.05) is 25.3 Å². The molecule has 0 radical (unpaired) electrons. The SMILES string of the molecule is C=CC(=C)c1nc2ccnc(N3CC(F)(F)C3)c2cc1C(C)=CC. The molecule has 3 rings (SSSR count). The van der Waals surface area contributed by atoms with Crippen molar-refractivity contribution in [3.63, 3.8) is 0 Å². The summed E-state index contributed by atoms with van der Waals surface area (Å²) in [6.45, 7) is 11.1. The van der Waals surface area contributed by atoms with Gasteiger partial charge in [0.15, 0.2) is 0 Å². The average molecular weight is 327 g/mol. The number of nitrogens with zero attached hydrogens (tertiary/aromatic N) is 3. The predicted octanol–water partition coefficient (Wildman–Crippen LogP) is 4.71. The number of anilines is 1. The highest BCUT2D eigenvalue weighted by molar-refractivity contribution is 5.95. The van der Waals surface area contributed by atoms with Crippen LogP contribution < -0.4 is 4.90 Å². The second kappa shape index (κ2) is 5.82. The van der Waals surface area contributed by atoms with Crippen molar-refractivity contribution in [2.75, 3.05) is 18.0 Å². The van der Waals surface area contributed by atoms with E-state index in [-0.39, 0.29) is 13.1 Å². The van der Waals surface area contributed by atoms with Crippen molar-refractivity contribution in [3.8, 4) is 0 Å². The van der Waals surface area contributed by atoms with E-state index in [1.54, 1.807) is 23.2 Å². The van der Waals surface area contributed by atoms with Gasteiger partial charge in [0, 0.05) is 17.1 Å². The lowest BCUT2D eigenvalue weighted by Crippen LogP contribution is -2.56. The minimum absolute atomic E-state index is 0.307. The third-order valence-corrected chi connectivity index (χ3v) is 4.27. The second-order valence-electron chi connectivity index (χ2n) is 6.00. The molecular formula is C19H19F2N3. The van der Waals surface area contributed by atoms with Crippen LogP contribution in [-0.2, 0) is 0 Å². The summed E-state index contributed by atoms with van der Waals surface area (Å²) in [4.78, 5) is 10.6. The quantitative estimate of drug-likeness (QED) is 0.762. The molecule has 0 amide bonds. The fourth-order valence-corrected chi connectivity index (χ4v) is 2.79. The van der Waals surface area contributed by atoms with E-state index in [2.05, 4.69) is 23.1 Å². The number of halogens is 2.